The number of nitrogens with one attached hydrogen (secondary N) is 1. The van der Waals surface area contributed by atoms with Gasteiger partial charge in [0.1, 0.15) is 0 Å². The molecule has 118 valence electrons. The average molecular weight is 358 g/mol. The topological polar surface area (TPSA) is 72.7 Å². The Bertz CT molecular complexity index is 605. The lowest BCUT2D eigenvalue weighted by molar-refractivity contribution is -0.118. The van der Waals surface area contributed by atoms with Crippen molar-refractivity contribution in [3.05, 3.63) is 34.9 Å². The van der Waals surface area contributed by atoms with Crippen molar-refractivity contribution >= 4 is 41.0 Å². The number of aryl methyl sites for hydroxylation is 1. The highest BCUT2D eigenvalue weighted by molar-refractivity contribution is 7.99. The van der Waals surface area contributed by atoms with Crippen molar-refractivity contribution < 1.29 is 4.79 Å². The van der Waals surface area contributed by atoms with Gasteiger partial charge in [-0.3, -0.25) is 4.79 Å². The number of tetrazole rings is 1. The molecule has 0 spiro atoms. The van der Waals surface area contributed by atoms with E-state index >= 15 is 0 Å². The summed E-state index contributed by atoms with van der Waals surface area (Å²) in [7, 11) is 1.74. The van der Waals surface area contributed by atoms with Crippen molar-refractivity contribution in [3.8, 4) is 0 Å². The molecule has 6 nitrogen and oxygen atoms in total. The standard InChI is InChI=1S/C13H16ClN5OS2/c1-19-13(16-17-18-19)22-9-12(20)15-6-7-21-8-10-2-4-11(14)5-3-10/h2-5H,6-9H2,1H3,(H,15,20). The summed E-state index contributed by atoms with van der Waals surface area (Å²) in [6, 6.07) is 7.80. The van der Waals surface area contributed by atoms with Crippen LogP contribution in [-0.4, -0.2) is 44.2 Å². The van der Waals surface area contributed by atoms with Crippen LogP contribution in [0.4, 0.5) is 0 Å². The van der Waals surface area contributed by atoms with Gasteiger partial charge in [-0.15, -0.1) is 5.10 Å². The van der Waals surface area contributed by atoms with Gasteiger partial charge in [0.2, 0.25) is 11.1 Å². The maximum atomic E-state index is 11.7. The van der Waals surface area contributed by atoms with Gasteiger partial charge in [0, 0.05) is 30.1 Å². The number of hydrogen-bond donors (Lipinski definition) is 1. The van der Waals surface area contributed by atoms with Gasteiger partial charge in [-0.2, -0.15) is 11.8 Å². The third kappa shape index (κ3) is 5.86. The zero-order valence-electron chi connectivity index (χ0n) is 12.0. The van der Waals surface area contributed by atoms with Crippen molar-refractivity contribution in [2.75, 3.05) is 18.1 Å². The summed E-state index contributed by atoms with van der Waals surface area (Å²) in [6.45, 7) is 0.648. The molecule has 0 saturated heterocycles. The van der Waals surface area contributed by atoms with E-state index in [4.69, 9.17) is 11.6 Å². The summed E-state index contributed by atoms with van der Waals surface area (Å²) < 4.78 is 1.54. The van der Waals surface area contributed by atoms with Crippen molar-refractivity contribution in [2.45, 2.75) is 10.9 Å². The lowest BCUT2D eigenvalue weighted by Crippen LogP contribution is -2.27. The van der Waals surface area contributed by atoms with Crippen LogP contribution in [0.1, 0.15) is 5.56 Å². The third-order valence-electron chi connectivity index (χ3n) is 2.66. The Balaban J connectivity index is 1.55. The molecule has 0 atom stereocenters. The van der Waals surface area contributed by atoms with Crippen LogP contribution < -0.4 is 5.32 Å². The van der Waals surface area contributed by atoms with E-state index < -0.39 is 0 Å². The van der Waals surface area contributed by atoms with Crippen molar-refractivity contribution in [3.63, 3.8) is 0 Å². The molecule has 0 saturated carbocycles. The predicted molar refractivity (Wildman–Crippen MR) is 90.1 cm³/mol. The second-order valence-corrected chi connectivity index (χ2v) is 6.89. The molecule has 22 heavy (non-hydrogen) atoms. The first-order valence-corrected chi connectivity index (χ1v) is 9.11. The first kappa shape index (κ1) is 17.1. The van der Waals surface area contributed by atoms with Gasteiger partial charge in [-0.25, -0.2) is 4.68 Å². The fraction of sp³-hybridized carbons (Fsp3) is 0.385. The van der Waals surface area contributed by atoms with Gasteiger partial charge >= 0.3 is 0 Å². The first-order valence-electron chi connectivity index (χ1n) is 6.59. The fourth-order valence-electron chi connectivity index (χ4n) is 1.56. The second kappa shape index (κ2) is 9.02. The highest BCUT2D eigenvalue weighted by Crippen LogP contribution is 2.15. The Kier molecular flexibility index (Phi) is 7.01. The average Bonchev–Trinajstić information content (AvgIpc) is 2.92. The van der Waals surface area contributed by atoms with E-state index in [0.717, 1.165) is 16.5 Å². The molecule has 9 heteroatoms. The molecule has 0 radical (unpaired) electrons. The summed E-state index contributed by atoms with van der Waals surface area (Å²) in [5, 5.41) is 15.3. The van der Waals surface area contributed by atoms with Crippen LogP contribution >= 0.6 is 35.1 Å². The Morgan fingerprint density at radius 3 is 2.82 bits per heavy atom. The summed E-state index contributed by atoms with van der Waals surface area (Å²) >= 11 is 8.93. The van der Waals surface area contributed by atoms with E-state index in [0.29, 0.717) is 17.5 Å². The molecule has 1 aromatic carbocycles. The molecule has 2 aromatic rings. The molecule has 0 aliphatic heterocycles. The number of nitrogens with zero attached hydrogens (tertiary/aromatic N) is 4. The molecule has 0 unspecified atom stereocenters. The number of hydrogen-bond acceptors (Lipinski definition) is 6. The van der Waals surface area contributed by atoms with Crippen LogP contribution in [0.5, 0.6) is 0 Å². The summed E-state index contributed by atoms with van der Waals surface area (Å²) in [6.07, 6.45) is 0. The lowest BCUT2D eigenvalue weighted by Gasteiger charge is -2.05. The van der Waals surface area contributed by atoms with Gasteiger partial charge in [-0.05, 0) is 28.1 Å². The smallest absolute Gasteiger partial charge is 0.230 e. The molecule has 1 N–H and O–H groups in total. The summed E-state index contributed by atoms with van der Waals surface area (Å²) in [5.41, 5.74) is 1.23. The van der Waals surface area contributed by atoms with Gasteiger partial charge in [-0.1, -0.05) is 35.5 Å². The van der Waals surface area contributed by atoms with Gasteiger partial charge in [0.15, 0.2) is 0 Å². The fourth-order valence-corrected chi connectivity index (χ4v) is 3.18. The minimum atomic E-state index is -0.0138. The van der Waals surface area contributed by atoms with Crippen molar-refractivity contribution in [1.82, 2.24) is 25.5 Å². The van der Waals surface area contributed by atoms with E-state index in [9.17, 15) is 4.79 Å². The summed E-state index contributed by atoms with van der Waals surface area (Å²) in [4.78, 5) is 11.7. The molecule has 2 rings (SSSR count). The molecule has 0 bridgehead atoms. The molecule has 0 aliphatic rings. The largest absolute Gasteiger partial charge is 0.355 e. The number of carbonyl (C=O) groups is 1. The number of carbonyl (C=O) groups excluding carboxylic acids is 1. The normalized spacial score (nSPS) is 10.6. The third-order valence-corrected chi connectivity index (χ3v) is 4.96. The first-order chi connectivity index (χ1) is 10.6. The van der Waals surface area contributed by atoms with Gasteiger partial charge < -0.3 is 5.32 Å². The minimum Gasteiger partial charge on any atom is -0.355 e. The maximum Gasteiger partial charge on any atom is 0.230 e. The van der Waals surface area contributed by atoms with Crippen LogP contribution in [0.2, 0.25) is 5.02 Å². The predicted octanol–water partition coefficient (Wildman–Crippen LogP) is 2.01. The molecule has 1 aromatic heterocycles. The van der Waals surface area contributed by atoms with E-state index in [1.807, 2.05) is 24.3 Å². The van der Waals surface area contributed by atoms with Crippen LogP contribution in [0, 0.1) is 0 Å². The van der Waals surface area contributed by atoms with Gasteiger partial charge in [0.25, 0.3) is 0 Å². The van der Waals surface area contributed by atoms with E-state index in [-0.39, 0.29) is 5.91 Å². The number of thioether (sulfide) groups is 2. The molecule has 1 heterocycles. The summed E-state index contributed by atoms with van der Waals surface area (Å²) in [5.74, 6) is 2.08. The lowest BCUT2D eigenvalue weighted by atomic mass is 10.2. The van der Waals surface area contributed by atoms with Crippen LogP contribution in [0.25, 0.3) is 0 Å². The van der Waals surface area contributed by atoms with Crippen LogP contribution in [0.15, 0.2) is 29.4 Å². The van der Waals surface area contributed by atoms with E-state index in [1.165, 1.54) is 17.3 Å². The molecular weight excluding hydrogens is 342 g/mol. The van der Waals surface area contributed by atoms with Crippen LogP contribution in [0.3, 0.4) is 0 Å². The zero-order chi connectivity index (χ0) is 15.8. The number of aromatic nitrogens is 4. The van der Waals surface area contributed by atoms with E-state index in [2.05, 4.69) is 20.8 Å². The molecule has 0 fully saturated rings. The Morgan fingerprint density at radius 2 is 2.14 bits per heavy atom. The Labute approximate surface area is 142 Å². The highest BCUT2D eigenvalue weighted by Gasteiger charge is 2.07. The Morgan fingerprint density at radius 1 is 1.36 bits per heavy atom. The Hall–Kier alpha value is -1.25. The minimum absolute atomic E-state index is 0.0138. The number of benzene rings is 1. The van der Waals surface area contributed by atoms with Gasteiger partial charge in [0.05, 0.1) is 5.75 Å². The quantitative estimate of drug-likeness (QED) is 0.575. The van der Waals surface area contributed by atoms with Crippen LogP contribution in [-0.2, 0) is 17.6 Å². The second-order valence-electron chi connectivity index (χ2n) is 4.40. The number of amides is 1. The monoisotopic (exact) mass is 357 g/mol. The molecule has 1 amide bonds. The number of halogens is 1. The number of rotatable bonds is 8. The SMILES string of the molecule is Cn1nnnc1SCC(=O)NCCSCc1ccc(Cl)cc1. The van der Waals surface area contributed by atoms with Crippen molar-refractivity contribution in [2.24, 2.45) is 7.05 Å². The molecular formula is C13H16ClN5OS2. The zero-order valence-corrected chi connectivity index (χ0v) is 14.4. The molecule has 0 aliphatic carbocycles. The maximum absolute atomic E-state index is 11.7. The highest BCUT2D eigenvalue weighted by atomic mass is 35.5. The van der Waals surface area contributed by atoms with Crippen molar-refractivity contribution in [1.29, 1.82) is 0 Å². The van der Waals surface area contributed by atoms with E-state index in [1.54, 1.807) is 23.5 Å².